The van der Waals surface area contributed by atoms with E-state index in [0.29, 0.717) is 21.4 Å². The van der Waals surface area contributed by atoms with Crippen molar-refractivity contribution in [2.75, 3.05) is 11.9 Å². The van der Waals surface area contributed by atoms with Crippen LogP contribution in [0.4, 0.5) is 11.5 Å². The molecule has 0 spiro atoms. The van der Waals surface area contributed by atoms with Gasteiger partial charge in [0.25, 0.3) is 5.69 Å². The van der Waals surface area contributed by atoms with Gasteiger partial charge in [-0.3, -0.25) is 10.1 Å². The van der Waals surface area contributed by atoms with E-state index in [9.17, 15) is 15.2 Å². The summed E-state index contributed by atoms with van der Waals surface area (Å²) in [6.07, 6.45) is 0.208. The van der Waals surface area contributed by atoms with Crippen molar-refractivity contribution in [3.63, 3.8) is 0 Å². The van der Waals surface area contributed by atoms with Crippen molar-refractivity contribution in [3.05, 3.63) is 62.3 Å². The summed E-state index contributed by atoms with van der Waals surface area (Å²) in [5.74, 6) is 0.405. The van der Waals surface area contributed by atoms with Crippen LogP contribution in [0.25, 0.3) is 0 Å². The Bertz CT molecular complexity index is 629. The fourth-order valence-electron chi connectivity index (χ4n) is 1.73. The van der Waals surface area contributed by atoms with Gasteiger partial charge in [-0.15, -0.1) is 0 Å². The fourth-order valence-corrected chi connectivity index (χ4v) is 2.38. The second kappa shape index (κ2) is 6.71. The molecular weight excluding hydrogens is 317 g/mol. The third-order valence-corrected chi connectivity index (χ3v) is 3.43. The number of aliphatic hydroxyl groups is 1. The van der Waals surface area contributed by atoms with E-state index in [0.717, 1.165) is 6.20 Å². The van der Waals surface area contributed by atoms with Crippen molar-refractivity contribution in [1.29, 1.82) is 0 Å². The van der Waals surface area contributed by atoms with Crippen LogP contribution in [0.1, 0.15) is 11.7 Å². The molecule has 0 fully saturated rings. The average molecular weight is 328 g/mol. The smallest absolute Gasteiger partial charge is 0.287 e. The third kappa shape index (κ3) is 3.81. The molecule has 2 aromatic rings. The lowest BCUT2D eigenvalue weighted by molar-refractivity contribution is -0.385. The summed E-state index contributed by atoms with van der Waals surface area (Å²) < 4.78 is 0. The van der Waals surface area contributed by atoms with Gasteiger partial charge in [-0.2, -0.15) is 0 Å². The highest BCUT2D eigenvalue weighted by molar-refractivity contribution is 6.36. The van der Waals surface area contributed by atoms with Gasteiger partial charge < -0.3 is 10.4 Å². The van der Waals surface area contributed by atoms with Crippen LogP contribution in [0.3, 0.4) is 0 Å². The first-order valence-corrected chi connectivity index (χ1v) is 6.71. The van der Waals surface area contributed by atoms with Gasteiger partial charge in [-0.05, 0) is 18.2 Å². The molecule has 0 saturated heterocycles. The van der Waals surface area contributed by atoms with E-state index in [-0.39, 0.29) is 12.2 Å². The van der Waals surface area contributed by atoms with Gasteiger partial charge in [0.05, 0.1) is 11.0 Å². The van der Waals surface area contributed by atoms with Crippen LogP contribution < -0.4 is 5.32 Å². The van der Waals surface area contributed by atoms with Crippen LogP contribution in [0, 0.1) is 10.1 Å². The molecule has 0 amide bonds. The first-order valence-electron chi connectivity index (χ1n) is 5.95. The normalized spacial score (nSPS) is 12.0. The van der Waals surface area contributed by atoms with E-state index in [2.05, 4.69) is 10.3 Å². The molecule has 1 heterocycles. The summed E-state index contributed by atoms with van der Waals surface area (Å²) in [6, 6.07) is 7.74. The van der Waals surface area contributed by atoms with Crippen LogP contribution in [0.5, 0.6) is 0 Å². The summed E-state index contributed by atoms with van der Waals surface area (Å²) in [4.78, 5) is 13.9. The van der Waals surface area contributed by atoms with Crippen molar-refractivity contribution in [2.24, 2.45) is 0 Å². The van der Waals surface area contributed by atoms with Gasteiger partial charge >= 0.3 is 0 Å². The SMILES string of the molecule is O=[N+]([O-])c1ccc(NCC(O)c2c(Cl)cccc2Cl)nc1. The van der Waals surface area contributed by atoms with Crippen LogP contribution >= 0.6 is 23.2 Å². The molecule has 1 atom stereocenters. The number of halogens is 2. The topological polar surface area (TPSA) is 88.3 Å². The number of nitrogens with one attached hydrogen (secondary N) is 1. The van der Waals surface area contributed by atoms with Gasteiger partial charge in [-0.25, -0.2) is 4.98 Å². The predicted molar refractivity (Wildman–Crippen MR) is 80.8 cm³/mol. The molecule has 1 aromatic heterocycles. The first-order chi connectivity index (χ1) is 9.99. The predicted octanol–water partition coefficient (Wildman–Crippen LogP) is 3.44. The second-order valence-electron chi connectivity index (χ2n) is 4.19. The van der Waals surface area contributed by atoms with E-state index in [1.807, 2.05) is 0 Å². The Hall–Kier alpha value is -1.89. The summed E-state index contributed by atoms with van der Waals surface area (Å²) in [6.45, 7) is 0.119. The average Bonchev–Trinajstić information content (AvgIpc) is 2.45. The van der Waals surface area contributed by atoms with Crippen LogP contribution in [-0.2, 0) is 0 Å². The molecule has 0 radical (unpaired) electrons. The number of aliphatic hydroxyl groups excluding tert-OH is 1. The van der Waals surface area contributed by atoms with Gasteiger partial charge in [0.1, 0.15) is 12.0 Å². The van der Waals surface area contributed by atoms with Crippen molar-refractivity contribution >= 4 is 34.7 Å². The molecule has 0 aliphatic rings. The lowest BCUT2D eigenvalue weighted by atomic mass is 10.1. The highest BCUT2D eigenvalue weighted by atomic mass is 35.5. The number of anilines is 1. The molecule has 6 nitrogen and oxygen atoms in total. The maximum atomic E-state index is 10.5. The van der Waals surface area contributed by atoms with Crippen molar-refractivity contribution < 1.29 is 10.0 Å². The Morgan fingerprint density at radius 2 is 1.95 bits per heavy atom. The minimum atomic E-state index is -0.928. The maximum Gasteiger partial charge on any atom is 0.287 e. The van der Waals surface area contributed by atoms with Crippen molar-refractivity contribution in [1.82, 2.24) is 4.98 Å². The zero-order chi connectivity index (χ0) is 15.4. The molecule has 0 bridgehead atoms. The zero-order valence-corrected chi connectivity index (χ0v) is 12.2. The number of benzene rings is 1. The molecule has 1 unspecified atom stereocenters. The number of aromatic nitrogens is 1. The summed E-state index contributed by atoms with van der Waals surface area (Å²) in [5.41, 5.74) is 0.325. The number of nitro groups is 1. The van der Waals surface area contributed by atoms with Crippen LogP contribution in [-0.4, -0.2) is 21.6 Å². The lowest BCUT2D eigenvalue weighted by Gasteiger charge is -2.15. The third-order valence-electron chi connectivity index (χ3n) is 2.77. The highest BCUT2D eigenvalue weighted by Crippen LogP contribution is 2.30. The number of hydrogen-bond donors (Lipinski definition) is 2. The molecule has 8 heteroatoms. The molecule has 1 aromatic carbocycles. The number of hydrogen-bond acceptors (Lipinski definition) is 5. The van der Waals surface area contributed by atoms with Crippen molar-refractivity contribution in [2.45, 2.75) is 6.10 Å². The minimum absolute atomic E-state index is 0.102. The second-order valence-corrected chi connectivity index (χ2v) is 5.01. The molecule has 0 aliphatic heterocycles. The molecule has 0 aliphatic carbocycles. The Morgan fingerprint density at radius 3 is 2.48 bits per heavy atom. The quantitative estimate of drug-likeness (QED) is 0.648. The largest absolute Gasteiger partial charge is 0.386 e. The fraction of sp³-hybridized carbons (Fsp3) is 0.154. The van der Waals surface area contributed by atoms with Gasteiger partial charge in [0.2, 0.25) is 0 Å². The molecule has 110 valence electrons. The summed E-state index contributed by atoms with van der Waals surface area (Å²) in [5, 5.41) is 24.2. The van der Waals surface area contributed by atoms with Crippen LogP contribution in [0.2, 0.25) is 10.0 Å². The standard InChI is InChI=1S/C13H11Cl2N3O3/c14-9-2-1-3-10(15)13(9)11(19)7-17-12-5-4-8(6-16-12)18(20)21/h1-6,11,19H,7H2,(H,16,17). The minimum Gasteiger partial charge on any atom is -0.386 e. The first kappa shape index (κ1) is 15.5. The van der Waals surface area contributed by atoms with Crippen LogP contribution in [0.15, 0.2) is 36.5 Å². The Labute approximate surface area is 130 Å². The highest BCUT2D eigenvalue weighted by Gasteiger charge is 2.15. The van der Waals surface area contributed by atoms with Gasteiger partial charge in [0.15, 0.2) is 0 Å². The van der Waals surface area contributed by atoms with E-state index >= 15 is 0 Å². The molecule has 21 heavy (non-hydrogen) atoms. The van der Waals surface area contributed by atoms with Gasteiger partial charge in [0, 0.05) is 28.2 Å². The lowest BCUT2D eigenvalue weighted by Crippen LogP contribution is -2.13. The Balaban J connectivity index is 2.04. The summed E-state index contributed by atoms with van der Waals surface area (Å²) in [7, 11) is 0. The van der Waals surface area contributed by atoms with E-state index in [1.165, 1.54) is 12.1 Å². The number of rotatable bonds is 5. The van der Waals surface area contributed by atoms with E-state index < -0.39 is 11.0 Å². The molecule has 2 rings (SSSR count). The number of nitrogens with zero attached hydrogens (tertiary/aromatic N) is 2. The van der Waals surface area contributed by atoms with Crippen molar-refractivity contribution in [3.8, 4) is 0 Å². The summed E-state index contributed by atoms with van der Waals surface area (Å²) >= 11 is 12.0. The molecule has 2 N–H and O–H groups in total. The van der Waals surface area contributed by atoms with E-state index in [1.54, 1.807) is 18.2 Å². The van der Waals surface area contributed by atoms with Gasteiger partial charge in [-0.1, -0.05) is 29.3 Å². The molecule has 0 saturated carbocycles. The van der Waals surface area contributed by atoms with E-state index in [4.69, 9.17) is 23.2 Å². The monoisotopic (exact) mass is 327 g/mol. The maximum absolute atomic E-state index is 10.5. The Morgan fingerprint density at radius 1 is 1.29 bits per heavy atom. The zero-order valence-electron chi connectivity index (χ0n) is 10.7. The molecular formula is C13H11Cl2N3O3. The number of pyridine rings is 1. The Kier molecular flexibility index (Phi) is 4.95.